The maximum Gasteiger partial charge on any atom is 0.417 e. The predicted molar refractivity (Wildman–Crippen MR) is 72.1 cm³/mol. The Hall–Kier alpha value is -2.24. The lowest BCUT2D eigenvalue weighted by molar-refractivity contribution is -0.137. The van der Waals surface area contributed by atoms with E-state index in [1.807, 2.05) is 19.1 Å². The maximum absolute atomic E-state index is 12.4. The highest BCUT2D eigenvalue weighted by atomic mass is 19.4. The van der Waals surface area contributed by atoms with Crippen LogP contribution in [-0.2, 0) is 6.18 Å². The van der Waals surface area contributed by atoms with Crippen LogP contribution < -0.4 is 11.1 Å². The number of alkyl halides is 3. The summed E-state index contributed by atoms with van der Waals surface area (Å²) in [6.07, 6.45) is -3.55. The Morgan fingerprint density at radius 3 is 2.25 bits per heavy atom. The third-order valence-corrected chi connectivity index (χ3v) is 2.89. The normalized spacial score (nSPS) is 13.0. The first-order chi connectivity index (χ1) is 9.36. The average molecular weight is 281 g/mol. The van der Waals surface area contributed by atoms with Gasteiger partial charge in [0.2, 0.25) is 0 Å². The van der Waals surface area contributed by atoms with Crippen LogP contribution in [0.2, 0.25) is 0 Å². The topological polar surface area (TPSA) is 50.9 Å². The van der Waals surface area contributed by atoms with Gasteiger partial charge >= 0.3 is 6.18 Å². The Morgan fingerprint density at radius 1 is 1.10 bits per heavy atom. The number of aromatic nitrogens is 1. The Labute approximate surface area is 114 Å². The van der Waals surface area contributed by atoms with Gasteiger partial charge in [0.25, 0.3) is 0 Å². The van der Waals surface area contributed by atoms with E-state index in [1.165, 1.54) is 6.07 Å². The highest BCUT2D eigenvalue weighted by molar-refractivity contribution is 5.43. The molecule has 0 aliphatic heterocycles. The lowest BCUT2D eigenvalue weighted by atomic mass is 10.1. The van der Waals surface area contributed by atoms with Gasteiger partial charge in [-0.15, -0.1) is 0 Å². The molecule has 20 heavy (non-hydrogen) atoms. The molecule has 0 saturated carbocycles. The number of nitrogen functional groups attached to an aromatic ring is 1. The van der Waals surface area contributed by atoms with E-state index in [0.29, 0.717) is 11.5 Å². The molecule has 2 rings (SSSR count). The number of anilines is 2. The fourth-order valence-corrected chi connectivity index (χ4v) is 1.74. The van der Waals surface area contributed by atoms with E-state index >= 15 is 0 Å². The van der Waals surface area contributed by atoms with Crippen molar-refractivity contribution in [3.05, 3.63) is 53.7 Å². The molecule has 0 spiro atoms. The molecule has 0 aliphatic carbocycles. The maximum atomic E-state index is 12.4. The molecular formula is C14H14F3N3. The number of hydrogen-bond donors (Lipinski definition) is 2. The van der Waals surface area contributed by atoms with Crippen molar-refractivity contribution in [2.24, 2.45) is 0 Å². The van der Waals surface area contributed by atoms with E-state index in [9.17, 15) is 13.2 Å². The van der Waals surface area contributed by atoms with E-state index in [-0.39, 0.29) is 6.04 Å². The van der Waals surface area contributed by atoms with Gasteiger partial charge < -0.3 is 11.1 Å². The average Bonchev–Trinajstić information content (AvgIpc) is 2.39. The second kappa shape index (κ2) is 5.40. The van der Waals surface area contributed by atoms with Crippen molar-refractivity contribution in [2.75, 3.05) is 11.1 Å². The summed E-state index contributed by atoms with van der Waals surface area (Å²) in [6.45, 7) is 1.89. The van der Waals surface area contributed by atoms with E-state index in [1.54, 1.807) is 12.1 Å². The minimum absolute atomic E-state index is 0.0835. The molecule has 0 amide bonds. The molecule has 0 aliphatic rings. The number of halogens is 3. The Bertz CT molecular complexity index is 562. The van der Waals surface area contributed by atoms with E-state index in [4.69, 9.17) is 5.73 Å². The number of hydrogen-bond acceptors (Lipinski definition) is 3. The zero-order chi connectivity index (χ0) is 14.8. The quantitative estimate of drug-likeness (QED) is 0.840. The molecule has 1 unspecified atom stereocenters. The smallest absolute Gasteiger partial charge is 0.399 e. The SMILES string of the molecule is CC(Nc1ccc(C(F)(F)F)cn1)c1ccc(N)cc1. The molecule has 1 aromatic carbocycles. The van der Waals surface area contributed by atoms with Gasteiger partial charge in [-0.3, -0.25) is 0 Å². The van der Waals surface area contributed by atoms with Crippen LogP contribution in [0.4, 0.5) is 24.7 Å². The third kappa shape index (κ3) is 3.40. The number of rotatable bonds is 3. The highest BCUT2D eigenvalue weighted by Gasteiger charge is 2.30. The molecule has 2 aromatic rings. The molecule has 106 valence electrons. The predicted octanol–water partition coefficient (Wildman–Crippen LogP) is 3.86. The van der Waals surface area contributed by atoms with Crippen LogP contribution in [0.25, 0.3) is 0 Å². The fourth-order valence-electron chi connectivity index (χ4n) is 1.74. The van der Waals surface area contributed by atoms with Crippen LogP contribution >= 0.6 is 0 Å². The summed E-state index contributed by atoms with van der Waals surface area (Å²) in [5.74, 6) is 0.391. The first-order valence-corrected chi connectivity index (χ1v) is 6.01. The lowest BCUT2D eigenvalue weighted by Crippen LogP contribution is -2.10. The molecule has 0 saturated heterocycles. The zero-order valence-corrected chi connectivity index (χ0v) is 10.8. The first-order valence-electron chi connectivity index (χ1n) is 6.01. The monoisotopic (exact) mass is 281 g/mol. The minimum atomic E-state index is -4.37. The molecule has 3 nitrogen and oxygen atoms in total. The summed E-state index contributed by atoms with van der Waals surface area (Å²) in [6, 6.07) is 9.50. The molecule has 0 fully saturated rings. The lowest BCUT2D eigenvalue weighted by Gasteiger charge is -2.15. The van der Waals surface area contributed by atoms with Crippen molar-refractivity contribution in [1.82, 2.24) is 4.98 Å². The largest absolute Gasteiger partial charge is 0.417 e. The van der Waals surface area contributed by atoms with Gasteiger partial charge in [-0.1, -0.05) is 12.1 Å². The van der Waals surface area contributed by atoms with Crippen molar-refractivity contribution in [1.29, 1.82) is 0 Å². The van der Waals surface area contributed by atoms with Crippen LogP contribution in [0.15, 0.2) is 42.6 Å². The summed E-state index contributed by atoms with van der Waals surface area (Å²) in [5, 5.41) is 3.04. The zero-order valence-electron chi connectivity index (χ0n) is 10.8. The first kappa shape index (κ1) is 14.2. The van der Waals surface area contributed by atoms with Crippen LogP contribution in [0.3, 0.4) is 0 Å². The van der Waals surface area contributed by atoms with Gasteiger partial charge in [0, 0.05) is 17.9 Å². The van der Waals surface area contributed by atoms with Gasteiger partial charge in [0.15, 0.2) is 0 Å². The molecule has 6 heteroatoms. The van der Waals surface area contributed by atoms with Crippen molar-refractivity contribution in [2.45, 2.75) is 19.1 Å². The van der Waals surface area contributed by atoms with Crippen LogP contribution in [0.5, 0.6) is 0 Å². The third-order valence-electron chi connectivity index (χ3n) is 2.89. The summed E-state index contributed by atoms with van der Waals surface area (Å²) in [5.41, 5.74) is 6.47. The van der Waals surface area contributed by atoms with Gasteiger partial charge in [-0.25, -0.2) is 4.98 Å². The van der Waals surface area contributed by atoms with Crippen molar-refractivity contribution in [3.8, 4) is 0 Å². The molecule has 3 N–H and O–H groups in total. The van der Waals surface area contributed by atoms with Gasteiger partial charge in [0.1, 0.15) is 5.82 Å². The van der Waals surface area contributed by atoms with Gasteiger partial charge in [-0.2, -0.15) is 13.2 Å². The van der Waals surface area contributed by atoms with Crippen molar-refractivity contribution < 1.29 is 13.2 Å². The fraction of sp³-hybridized carbons (Fsp3) is 0.214. The number of pyridine rings is 1. The van der Waals surface area contributed by atoms with Gasteiger partial charge in [0.05, 0.1) is 5.56 Å². The van der Waals surface area contributed by atoms with Crippen molar-refractivity contribution >= 4 is 11.5 Å². The second-order valence-electron chi connectivity index (χ2n) is 4.46. The van der Waals surface area contributed by atoms with Crippen LogP contribution in [-0.4, -0.2) is 4.98 Å². The number of nitrogens with zero attached hydrogens (tertiary/aromatic N) is 1. The van der Waals surface area contributed by atoms with Gasteiger partial charge in [-0.05, 0) is 36.8 Å². The van der Waals surface area contributed by atoms with E-state index in [2.05, 4.69) is 10.3 Å². The van der Waals surface area contributed by atoms with E-state index < -0.39 is 11.7 Å². The summed E-state index contributed by atoms with van der Waals surface area (Å²) in [4.78, 5) is 3.77. The molecule has 1 aromatic heterocycles. The second-order valence-corrected chi connectivity index (χ2v) is 4.46. The van der Waals surface area contributed by atoms with Crippen LogP contribution in [0, 0.1) is 0 Å². The summed E-state index contributed by atoms with van der Waals surface area (Å²) >= 11 is 0. The number of benzene rings is 1. The Balaban J connectivity index is 2.08. The highest BCUT2D eigenvalue weighted by Crippen LogP contribution is 2.29. The molecular weight excluding hydrogens is 267 g/mol. The van der Waals surface area contributed by atoms with Crippen molar-refractivity contribution in [3.63, 3.8) is 0 Å². The Kier molecular flexibility index (Phi) is 3.83. The molecule has 0 bridgehead atoms. The van der Waals surface area contributed by atoms with E-state index in [0.717, 1.165) is 17.8 Å². The molecule has 1 heterocycles. The molecule has 1 atom stereocenters. The molecule has 0 radical (unpaired) electrons. The standard InChI is InChI=1S/C14H14F3N3/c1-9(10-2-5-12(18)6-3-10)20-13-7-4-11(8-19-13)14(15,16)17/h2-9H,18H2,1H3,(H,19,20). The summed E-state index contributed by atoms with van der Waals surface area (Å²) in [7, 11) is 0. The minimum Gasteiger partial charge on any atom is -0.399 e. The number of nitrogens with one attached hydrogen (secondary N) is 1. The van der Waals surface area contributed by atoms with Crippen LogP contribution in [0.1, 0.15) is 24.1 Å². The Morgan fingerprint density at radius 2 is 1.75 bits per heavy atom. The summed E-state index contributed by atoms with van der Waals surface area (Å²) < 4.78 is 37.2. The number of nitrogens with two attached hydrogens (primary N) is 1.